The van der Waals surface area contributed by atoms with Crippen molar-refractivity contribution in [1.82, 2.24) is 4.90 Å². The van der Waals surface area contributed by atoms with E-state index in [1.807, 2.05) is 29.6 Å². The number of likely N-dealkylation sites (tertiary alicyclic amines) is 1. The minimum atomic E-state index is -0.385. The lowest BCUT2D eigenvalue weighted by Gasteiger charge is -2.38. The van der Waals surface area contributed by atoms with Gasteiger partial charge in [-0.2, -0.15) is 0 Å². The molecule has 0 unspecified atom stereocenters. The molecule has 2 aromatic carbocycles. The summed E-state index contributed by atoms with van der Waals surface area (Å²) in [6.45, 7) is 8.68. The molecule has 41 heavy (non-hydrogen) atoms. The number of thioether (sulfide) groups is 1. The van der Waals surface area contributed by atoms with E-state index in [2.05, 4.69) is 45.0 Å². The second-order valence-corrected chi connectivity index (χ2v) is 12.0. The molecule has 2 aliphatic heterocycles. The van der Waals surface area contributed by atoms with Crippen LogP contribution in [-0.4, -0.2) is 75.7 Å². The molecule has 2 aliphatic rings. The van der Waals surface area contributed by atoms with Crippen LogP contribution in [0.25, 0.3) is 0 Å². The number of hydrogen-bond donors (Lipinski definition) is 1. The fourth-order valence-electron chi connectivity index (χ4n) is 5.49. The highest BCUT2D eigenvalue weighted by Gasteiger charge is 2.27. The summed E-state index contributed by atoms with van der Waals surface area (Å²) in [7, 11) is 3.09. The monoisotopic (exact) mass is 591 g/mol. The molecule has 1 aromatic heterocycles. The predicted octanol–water partition coefficient (Wildman–Crippen LogP) is 6.55. The first-order valence-corrected chi connectivity index (χ1v) is 15.7. The van der Waals surface area contributed by atoms with Gasteiger partial charge in [0, 0.05) is 35.8 Å². The maximum atomic E-state index is 12.4. The molecule has 1 N–H and O–H groups in total. The molecule has 216 valence electrons. The van der Waals surface area contributed by atoms with Crippen molar-refractivity contribution in [1.29, 1.82) is 0 Å². The van der Waals surface area contributed by atoms with Crippen molar-refractivity contribution >= 4 is 57.9 Å². The number of carbonyl (C=O) groups excluding carboxylic acids is 1. The first-order valence-electron chi connectivity index (χ1n) is 14.0. The van der Waals surface area contributed by atoms with E-state index in [4.69, 9.17) is 14.5 Å². The molecule has 0 amide bonds. The summed E-state index contributed by atoms with van der Waals surface area (Å²) in [6, 6.07) is 16.3. The van der Waals surface area contributed by atoms with Crippen LogP contribution in [0.1, 0.15) is 40.9 Å². The first kappa shape index (κ1) is 29.2. The van der Waals surface area contributed by atoms with Crippen molar-refractivity contribution < 1.29 is 14.3 Å². The number of aliphatic imine (C=N–C) groups is 2. The van der Waals surface area contributed by atoms with E-state index in [0.717, 1.165) is 51.1 Å². The number of thiophene rings is 1. The van der Waals surface area contributed by atoms with Gasteiger partial charge in [-0.1, -0.05) is 23.9 Å². The fourth-order valence-corrected chi connectivity index (χ4v) is 7.45. The Hall–Kier alpha value is -3.34. The largest absolute Gasteiger partial charge is 0.495 e. The second kappa shape index (κ2) is 14.0. The molecule has 3 heterocycles. The number of benzene rings is 2. The maximum absolute atomic E-state index is 12.4. The highest BCUT2D eigenvalue weighted by Crippen LogP contribution is 2.35. The zero-order valence-corrected chi connectivity index (χ0v) is 25.3. The number of nitrogens with one attached hydrogen (secondary N) is 1. The molecule has 2 saturated heterocycles. The van der Waals surface area contributed by atoms with Gasteiger partial charge in [-0.05, 0) is 81.2 Å². The van der Waals surface area contributed by atoms with Crippen molar-refractivity contribution in [3.05, 3.63) is 64.4 Å². The van der Waals surface area contributed by atoms with Crippen molar-refractivity contribution in [3.8, 4) is 5.75 Å². The molecule has 0 bridgehead atoms. The standard InChI is InChI=1S/C31H37N5O3S2/c1-32-26-14-19-40-29(26)30(41-28-9-5-4-8-24(28)31(37)39-3)34-21-33-25-11-10-23(20-27(25)38-2)36-17-12-22(13-18-36)35-15-6-7-16-35/h4-5,8-11,14,19-20,22,33H,1,6-7,12-13,15-18,21H2,2-3H3. The van der Waals surface area contributed by atoms with E-state index in [0.29, 0.717) is 12.2 Å². The minimum absolute atomic E-state index is 0.314. The Labute approximate surface area is 250 Å². The van der Waals surface area contributed by atoms with Gasteiger partial charge in [-0.3, -0.25) is 9.98 Å². The van der Waals surface area contributed by atoms with Gasteiger partial charge < -0.3 is 24.6 Å². The number of nitrogens with zero attached hydrogens (tertiary/aromatic N) is 4. The number of esters is 1. The number of ether oxygens (including phenoxy) is 2. The summed E-state index contributed by atoms with van der Waals surface area (Å²) in [4.78, 5) is 28.2. The molecule has 5 rings (SSSR count). The number of hydrogen-bond acceptors (Lipinski definition) is 10. The SMILES string of the molecule is C=Nc1ccsc1C(=NCNc1ccc(N2CCC(N3CCCC3)CC2)cc1OC)Sc1ccccc1C(=O)OC. The number of carbonyl (C=O) groups is 1. The summed E-state index contributed by atoms with van der Waals surface area (Å²) in [5.74, 6) is 0.401. The van der Waals surface area contributed by atoms with Gasteiger partial charge in [-0.25, -0.2) is 4.79 Å². The lowest BCUT2D eigenvalue weighted by Crippen LogP contribution is -2.43. The second-order valence-electron chi connectivity index (χ2n) is 10.0. The average Bonchev–Trinajstić information content (AvgIpc) is 3.73. The Morgan fingerprint density at radius 2 is 1.88 bits per heavy atom. The Morgan fingerprint density at radius 1 is 1.10 bits per heavy atom. The average molecular weight is 592 g/mol. The molecule has 2 fully saturated rings. The topological polar surface area (TPSA) is 78.8 Å². The van der Waals surface area contributed by atoms with Crippen LogP contribution < -0.4 is 15.0 Å². The third kappa shape index (κ3) is 6.94. The molecule has 0 saturated carbocycles. The summed E-state index contributed by atoms with van der Waals surface area (Å²) in [5.41, 5.74) is 3.31. The molecule has 0 radical (unpaired) electrons. The third-order valence-corrected chi connectivity index (χ3v) is 9.81. The quantitative estimate of drug-likeness (QED) is 0.124. The summed E-state index contributed by atoms with van der Waals surface area (Å²) < 4.78 is 10.8. The number of rotatable bonds is 10. The molecule has 8 nitrogen and oxygen atoms in total. The van der Waals surface area contributed by atoms with E-state index in [1.165, 1.54) is 74.7 Å². The van der Waals surface area contributed by atoms with Gasteiger partial charge in [0.2, 0.25) is 0 Å². The summed E-state index contributed by atoms with van der Waals surface area (Å²) in [6.07, 6.45) is 5.11. The maximum Gasteiger partial charge on any atom is 0.339 e. The molecular formula is C31H37N5O3S2. The molecule has 10 heteroatoms. The lowest BCUT2D eigenvalue weighted by molar-refractivity contribution is 0.0597. The summed E-state index contributed by atoms with van der Waals surface area (Å²) >= 11 is 2.95. The Morgan fingerprint density at radius 3 is 2.61 bits per heavy atom. The number of anilines is 2. The molecule has 0 aliphatic carbocycles. The van der Waals surface area contributed by atoms with Crippen LogP contribution in [0.15, 0.2) is 68.8 Å². The van der Waals surface area contributed by atoms with Crippen LogP contribution in [0.5, 0.6) is 5.75 Å². The Balaban J connectivity index is 1.30. The zero-order valence-electron chi connectivity index (χ0n) is 23.7. The molecule has 0 spiro atoms. The van der Waals surface area contributed by atoms with Crippen LogP contribution in [0.3, 0.4) is 0 Å². The van der Waals surface area contributed by atoms with Gasteiger partial charge in [0.15, 0.2) is 0 Å². The van der Waals surface area contributed by atoms with Gasteiger partial charge in [0.25, 0.3) is 0 Å². The Bertz CT molecular complexity index is 1380. The highest BCUT2D eigenvalue weighted by molar-refractivity contribution is 8.14. The van der Waals surface area contributed by atoms with Crippen LogP contribution in [0.4, 0.5) is 17.1 Å². The van der Waals surface area contributed by atoms with Crippen molar-refractivity contribution in [2.24, 2.45) is 9.98 Å². The van der Waals surface area contributed by atoms with Crippen LogP contribution in [-0.2, 0) is 4.74 Å². The van der Waals surface area contributed by atoms with Gasteiger partial charge >= 0.3 is 5.97 Å². The van der Waals surface area contributed by atoms with Gasteiger partial charge in [0.05, 0.1) is 36.0 Å². The molecular weight excluding hydrogens is 555 g/mol. The van der Waals surface area contributed by atoms with Crippen molar-refractivity contribution in [2.45, 2.75) is 36.6 Å². The van der Waals surface area contributed by atoms with Crippen LogP contribution >= 0.6 is 23.1 Å². The predicted molar refractivity (Wildman–Crippen MR) is 171 cm³/mol. The molecule has 0 atom stereocenters. The Kier molecular flexibility index (Phi) is 9.97. The van der Waals surface area contributed by atoms with Crippen LogP contribution in [0, 0.1) is 0 Å². The van der Waals surface area contributed by atoms with E-state index < -0.39 is 0 Å². The smallest absolute Gasteiger partial charge is 0.339 e. The summed E-state index contributed by atoms with van der Waals surface area (Å²) in [5, 5.41) is 6.12. The highest BCUT2D eigenvalue weighted by atomic mass is 32.2. The number of piperidine rings is 1. The minimum Gasteiger partial charge on any atom is -0.495 e. The van der Waals surface area contributed by atoms with Crippen LogP contribution in [0.2, 0.25) is 0 Å². The lowest BCUT2D eigenvalue weighted by atomic mass is 10.0. The van der Waals surface area contributed by atoms with E-state index in [9.17, 15) is 4.79 Å². The number of methoxy groups -OCH3 is 2. The molecule has 3 aromatic rings. The van der Waals surface area contributed by atoms with E-state index in [-0.39, 0.29) is 5.97 Å². The third-order valence-electron chi connectivity index (χ3n) is 7.67. The van der Waals surface area contributed by atoms with Crippen molar-refractivity contribution in [3.63, 3.8) is 0 Å². The van der Waals surface area contributed by atoms with E-state index >= 15 is 0 Å². The van der Waals surface area contributed by atoms with Gasteiger partial charge in [-0.15, -0.1) is 11.3 Å². The zero-order chi connectivity index (χ0) is 28.6. The normalized spacial score (nSPS) is 16.5. The first-order chi connectivity index (χ1) is 20.1. The van der Waals surface area contributed by atoms with Crippen molar-refractivity contribution in [2.75, 3.05) is 57.3 Å². The fraction of sp³-hybridized carbons (Fsp3) is 0.387. The van der Waals surface area contributed by atoms with Gasteiger partial charge in [0.1, 0.15) is 17.5 Å². The van der Waals surface area contributed by atoms with E-state index in [1.54, 1.807) is 13.2 Å².